The van der Waals surface area contributed by atoms with E-state index in [1.165, 1.54) is 7.11 Å². The van der Waals surface area contributed by atoms with E-state index in [0.717, 1.165) is 23.1 Å². The Morgan fingerprint density at radius 1 is 0.952 bits per heavy atom. The second-order valence-corrected chi connectivity index (χ2v) is 5.06. The molecule has 0 saturated heterocycles. The molecule has 0 aliphatic heterocycles. The number of carbonyl (C=O) groups excluding carboxylic acids is 2. The van der Waals surface area contributed by atoms with Gasteiger partial charge in [0.05, 0.1) is 7.11 Å². The van der Waals surface area contributed by atoms with Gasteiger partial charge in [0.25, 0.3) is 5.24 Å². The van der Waals surface area contributed by atoms with E-state index in [4.69, 9.17) is 0 Å². The first-order valence-corrected chi connectivity index (χ1v) is 7.34. The van der Waals surface area contributed by atoms with Crippen molar-refractivity contribution in [3.63, 3.8) is 0 Å². The van der Waals surface area contributed by atoms with Crippen LogP contribution >= 0.6 is 11.8 Å². The molecule has 0 heterocycles. The third-order valence-electron chi connectivity index (χ3n) is 2.75. The maximum Gasteiger partial charge on any atom is 0.316 e. The third-order valence-corrected chi connectivity index (χ3v) is 3.56. The molecule has 0 saturated carbocycles. The van der Waals surface area contributed by atoms with Crippen LogP contribution in [0.25, 0.3) is 0 Å². The molecule has 0 atom stereocenters. The fourth-order valence-electron chi connectivity index (χ4n) is 1.76. The van der Waals surface area contributed by atoms with Crippen LogP contribution in [0.2, 0.25) is 0 Å². The zero-order valence-electron chi connectivity index (χ0n) is 11.6. The van der Waals surface area contributed by atoms with Crippen molar-refractivity contribution in [3.8, 4) is 0 Å². The molecule has 0 unspecified atom stereocenters. The van der Waals surface area contributed by atoms with E-state index < -0.39 is 5.97 Å². The lowest BCUT2D eigenvalue weighted by atomic mass is 10.2. The zero-order valence-corrected chi connectivity index (χ0v) is 12.4. The van der Waals surface area contributed by atoms with Crippen molar-refractivity contribution < 1.29 is 14.3 Å². The maximum atomic E-state index is 12.4. The minimum absolute atomic E-state index is 0.00843. The number of carbonyl (C=O) groups is 2. The Morgan fingerprint density at radius 2 is 1.43 bits per heavy atom. The van der Waals surface area contributed by atoms with E-state index in [0.29, 0.717) is 0 Å². The highest BCUT2D eigenvalue weighted by Gasteiger charge is 2.19. The number of hydrogen-bond donors (Lipinski definition) is 0. The molecule has 2 aromatic carbocycles. The molecule has 2 rings (SSSR count). The molecule has 0 N–H and O–H groups in total. The first kappa shape index (κ1) is 15.1. The van der Waals surface area contributed by atoms with E-state index in [9.17, 15) is 9.59 Å². The van der Waals surface area contributed by atoms with Gasteiger partial charge in [-0.1, -0.05) is 48.2 Å². The maximum absolute atomic E-state index is 12.4. The van der Waals surface area contributed by atoms with E-state index >= 15 is 0 Å². The normalized spacial score (nSPS) is 9.95. The van der Waals surface area contributed by atoms with Gasteiger partial charge < -0.3 is 4.74 Å². The van der Waals surface area contributed by atoms with Crippen LogP contribution in [-0.2, 0) is 9.53 Å². The molecule has 5 heteroatoms. The molecule has 0 radical (unpaired) electrons. The summed E-state index contributed by atoms with van der Waals surface area (Å²) in [5.74, 6) is -0.430. The van der Waals surface area contributed by atoms with E-state index in [1.807, 2.05) is 60.7 Å². The van der Waals surface area contributed by atoms with Crippen LogP contribution in [0.5, 0.6) is 0 Å². The third kappa shape index (κ3) is 4.10. The SMILES string of the molecule is COC(=O)CSC(=O)N(c1ccccc1)c1ccccc1. The number of ether oxygens (including phenoxy) is 1. The Kier molecular flexibility index (Phi) is 5.40. The van der Waals surface area contributed by atoms with Crippen LogP contribution in [0.1, 0.15) is 0 Å². The highest BCUT2D eigenvalue weighted by Crippen LogP contribution is 2.28. The van der Waals surface area contributed by atoms with Gasteiger partial charge in [-0.3, -0.25) is 14.5 Å². The summed E-state index contributed by atoms with van der Waals surface area (Å²) in [4.78, 5) is 25.2. The van der Waals surface area contributed by atoms with Crippen molar-refractivity contribution in [2.45, 2.75) is 0 Å². The molecule has 0 aliphatic rings. The lowest BCUT2D eigenvalue weighted by Crippen LogP contribution is -2.23. The van der Waals surface area contributed by atoms with Gasteiger partial charge in [0.2, 0.25) is 0 Å². The summed E-state index contributed by atoms with van der Waals surface area (Å²) in [5.41, 5.74) is 1.51. The average molecular weight is 301 g/mol. The van der Waals surface area contributed by atoms with Crippen LogP contribution in [0, 0.1) is 0 Å². The van der Waals surface area contributed by atoms with Crippen LogP contribution < -0.4 is 4.90 Å². The molecule has 108 valence electrons. The number of esters is 1. The van der Waals surface area contributed by atoms with Crippen molar-refractivity contribution in [2.75, 3.05) is 17.8 Å². The van der Waals surface area contributed by atoms with Crippen molar-refractivity contribution >= 4 is 34.3 Å². The van der Waals surface area contributed by atoms with E-state index in [2.05, 4.69) is 4.74 Å². The summed E-state index contributed by atoms with van der Waals surface area (Å²) >= 11 is 0.919. The van der Waals surface area contributed by atoms with Gasteiger partial charge >= 0.3 is 5.97 Å². The number of benzene rings is 2. The van der Waals surface area contributed by atoms with E-state index in [-0.39, 0.29) is 11.0 Å². The zero-order chi connectivity index (χ0) is 15.1. The molecule has 1 amide bonds. The number of hydrogen-bond acceptors (Lipinski definition) is 4. The first-order chi connectivity index (χ1) is 10.2. The number of rotatable bonds is 4. The Hall–Kier alpha value is -2.27. The summed E-state index contributed by atoms with van der Waals surface area (Å²) in [7, 11) is 1.31. The fourth-order valence-corrected chi connectivity index (χ4v) is 2.46. The van der Waals surface area contributed by atoms with Crippen molar-refractivity contribution in [1.29, 1.82) is 0 Å². The van der Waals surface area contributed by atoms with Crippen LogP contribution in [0.15, 0.2) is 60.7 Å². The van der Waals surface area contributed by atoms with Crippen LogP contribution in [-0.4, -0.2) is 24.1 Å². The molecule has 0 aromatic heterocycles. The van der Waals surface area contributed by atoms with Crippen LogP contribution in [0.4, 0.5) is 16.2 Å². The van der Waals surface area contributed by atoms with Gasteiger partial charge in [-0.2, -0.15) is 0 Å². The van der Waals surface area contributed by atoms with Gasteiger partial charge in [-0.05, 0) is 24.3 Å². The number of amides is 1. The number of nitrogens with zero attached hydrogens (tertiary/aromatic N) is 1. The van der Waals surface area contributed by atoms with Gasteiger partial charge in [0.1, 0.15) is 5.75 Å². The summed E-state index contributed by atoms with van der Waals surface area (Å²) in [5, 5.41) is -0.224. The molecule has 21 heavy (non-hydrogen) atoms. The largest absolute Gasteiger partial charge is 0.468 e. The molecule has 0 aliphatic carbocycles. The summed E-state index contributed by atoms with van der Waals surface area (Å²) in [6.45, 7) is 0. The molecule has 0 fully saturated rings. The highest BCUT2D eigenvalue weighted by molar-refractivity contribution is 8.14. The summed E-state index contributed by atoms with van der Waals surface area (Å²) in [6, 6.07) is 18.6. The standard InChI is InChI=1S/C16H15NO3S/c1-20-15(18)12-21-16(19)17(13-8-4-2-5-9-13)14-10-6-3-7-11-14/h2-11H,12H2,1H3. The van der Waals surface area contributed by atoms with Gasteiger partial charge in [0.15, 0.2) is 0 Å². The summed E-state index contributed by atoms with van der Waals surface area (Å²) < 4.78 is 4.56. The lowest BCUT2D eigenvalue weighted by Gasteiger charge is -2.22. The van der Waals surface area contributed by atoms with Gasteiger partial charge in [-0.25, -0.2) is 0 Å². The molecule has 4 nitrogen and oxygen atoms in total. The number of anilines is 2. The minimum Gasteiger partial charge on any atom is -0.468 e. The lowest BCUT2D eigenvalue weighted by molar-refractivity contribution is -0.137. The smallest absolute Gasteiger partial charge is 0.316 e. The Labute approximate surface area is 127 Å². The minimum atomic E-state index is -0.422. The van der Waals surface area contributed by atoms with Crippen molar-refractivity contribution in [3.05, 3.63) is 60.7 Å². The molecule has 0 bridgehead atoms. The second kappa shape index (κ2) is 7.50. The van der Waals surface area contributed by atoms with E-state index in [1.54, 1.807) is 4.90 Å². The molecular weight excluding hydrogens is 286 g/mol. The molecular formula is C16H15NO3S. The van der Waals surface area contributed by atoms with Gasteiger partial charge in [-0.15, -0.1) is 0 Å². The average Bonchev–Trinajstić information content (AvgIpc) is 2.55. The number of para-hydroxylation sites is 2. The second-order valence-electron chi connectivity index (χ2n) is 4.14. The predicted octanol–water partition coefficient (Wildman–Crippen LogP) is 3.85. The Balaban J connectivity index is 2.25. The summed E-state index contributed by atoms with van der Waals surface area (Å²) in [6.07, 6.45) is 0. The fraction of sp³-hybridized carbons (Fsp3) is 0.125. The first-order valence-electron chi connectivity index (χ1n) is 6.36. The molecule has 2 aromatic rings. The van der Waals surface area contributed by atoms with Crippen molar-refractivity contribution in [2.24, 2.45) is 0 Å². The predicted molar refractivity (Wildman–Crippen MR) is 84.9 cm³/mol. The van der Waals surface area contributed by atoms with Crippen molar-refractivity contribution in [1.82, 2.24) is 0 Å². The van der Waals surface area contributed by atoms with Crippen LogP contribution in [0.3, 0.4) is 0 Å². The molecule has 0 spiro atoms. The quantitative estimate of drug-likeness (QED) is 0.805. The topological polar surface area (TPSA) is 46.6 Å². The van der Waals surface area contributed by atoms with Gasteiger partial charge in [0, 0.05) is 11.4 Å². The Bertz CT molecular complexity index is 562. The highest BCUT2D eigenvalue weighted by atomic mass is 32.2. The number of thioether (sulfide) groups is 1. The number of methoxy groups -OCH3 is 1. The Morgan fingerprint density at radius 3 is 1.86 bits per heavy atom. The monoisotopic (exact) mass is 301 g/mol.